The molecule has 0 atom stereocenters. The average molecular weight is 299 g/mol. The summed E-state index contributed by atoms with van der Waals surface area (Å²) in [6, 6.07) is 9.62. The number of nitrogens with one attached hydrogen (secondary N) is 1. The molecule has 7 heteroatoms. The van der Waals surface area contributed by atoms with Gasteiger partial charge in [0.15, 0.2) is 17.1 Å². The van der Waals surface area contributed by atoms with Gasteiger partial charge in [-0.25, -0.2) is 4.52 Å². The molecule has 0 radical (unpaired) electrons. The number of nitrogens with two attached hydrogens (primary N) is 1. The molecule has 7 nitrogen and oxygen atoms in total. The fraction of sp³-hybridized carbons (Fsp3) is 0.200. The Morgan fingerprint density at radius 1 is 1.18 bits per heavy atom. The minimum atomic E-state index is 0.250. The van der Waals surface area contributed by atoms with E-state index in [2.05, 4.69) is 15.4 Å². The molecule has 1 aromatic carbocycles. The molecule has 2 heterocycles. The van der Waals surface area contributed by atoms with Gasteiger partial charge in [-0.15, -0.1) is 5.10 Å². The van der Waals surface area contributed by atoms with Gasteiger partial charge in [-0.1, -0.05) is 6.07 Å². The number of hydrogen-bond donors (Lipinski definition) is 2. The first-order valence-electron chi connectivity index (χ1n) is 6.77. The summed E-state index contributed by atoms with van der Waals surface area (Å²) >= 11 is 0. The number of anilines is 2. The molecule has 22 heavy (non-hydrogen) atoms. The topological polar surface area (TPSA) is 86.7 Å². The first kappa shape index (κ1) is 14.0. The summed E-state index contributed by atoms with van der Waals surface area (Å²) in [5.74, 6) is 1.66. The van der Waals surface area contributed by atoms with Crippen LogP contribution in [-0.2, 0) is 6.54 Å². The van der Waals surface area contributed by atoms with E-state index in [0.29, 0.717) is 23.7 Å². The highest BCUT2D eigenvalue weighted by molar-refractivity contribution is 5.68. The monoisotopic (exact) mass is 299 g/mol. The van der Waals surface area contributed by atoms with Gasteiger partial charge in [0.2, 0.25) is 5.95 Å². The molecule has 0 bridgehead atoms. The van der Waals surface area contributed by atoms with Gasteiger partial charge < -0.3 is 20.5 Å². The largest absolute Gasteiger partial charge is 0.493 e. The number of methoxy groups -OCH3 is 2. The number of ether oxygens (including phenoxy) is 2. The zero-order valence-corrected chi connectivity index (χ0v) is 12.4. The minimum absolute atomic E-state index is 0.250. The maximum Gasteiger partial charge on any atom is 0.240 e. The van der Waals surface area contributed by atoms with Crippen molar-refractivity contribution in [2.75, 3.05) is 25.3 Å². The summed E-state index contributed by atoms with van der Waals surface area (Å²) in [5, 5.41) is 7.42. The average Bonchev–Trinajstić information content (AvgIpc) is 2.93. The number of nitrogens with zero attached hydrogens (tertiary/aromatic N) is 3. The Labute approximate surface area is 127 Å². The SMILES string of the molecule is COc1ccc(CNc2cccn3nc(N)nc23)cc1OC. The van der Waals surface area contributed by atoms with Gasteiger partial charge in [0.25, 0.3) is 0 Å². The third-order valence-electron chi connectivity index (χ3n) is 3.31. The second-order valence-electron chi connectivity index (χ2n) is 4.70. The molecule has 0 spiro atoms. The zero-order valence-electron chi connectivity index (χ0n) is 12.4. The molecule has 3 N–H and O–H groups in total. The summed E-state index contributed by atoms with van der Waals surface area (Å²) in [6.45, 7) is 0.618. The van der Waals surface area contributed by atoms with Crippen LogP contribution in [0.3, 0.4) is 0 Å². The van der Waals surface area contributed by atoms with Crippen molar-refractivity contribution in [3.05, 3.63) is 42.1 Å². The van der Waals surface area contributed by atoms with E-state index >= 15 is 0 Å². The van der Waals surface area contributed by atoms with Crippen LogP contribution in [0.5, 0.6) is 11.5 Å². The predicted molar refractivity (Wildman–Crippen MR) is 84.3 cm³/mol. The van der Waals surface area contributed by atoms with Crippen molar-refractivity contribution in [1.82, 2.24) is 14.6 Å². The number of nitrogen functional groups attached to an aromatic ring is 1. The van der Waals surface area contributed by atoms with Crippen molar-refractivity contribution in [2.24, 2.45) is 0 Å². The third-order valence-corrected chi connectivity index (χ3v) is 3.31. The molecule has 3 rings (SSSR count). The van der Waals surface area contributed by atoms with Crippen molar-refractivity contribution in [2.45, 2.75) is 6.54 Å². The van der Waals surface area contributed by atoms with Crippen molar-refractivity contribution < 1.29 is 9.47 Å². The van der Waals surface area contributed by atoms with E-state index < -0.39 is 0 Å². The van der Waals surface area contributed by atoms with Gasteiger partial charge >= 0.3 is 0 Å². The first-order chi connectivity index (χ1) is 10.7. The van der Waals surface area contributed by atoms with Gasteiger partial charge in [-0.05, 0) is 29.8 Å². The molecule has 0 fully saturated rings. The standard InChI is InChI=1S/C15H17N5O2/c1-21-12-6-5-10(8-13(12)22-2)9-17-11-4-3-7-20-14(11)18-15(16)19-20/h3-8,17H,9H2,1-2H3,(H2,16,19). The number of pyridine rings is 1. The number of benzene rings is 1. The van der Waals surface area contributed by atoms with E-state index in [1.165, 1.54) is 0 Å². The van der Waals surface area contributed by atoms with E-state index in [9.17, 15) is 0 Å². The van der Waals surface area contributed by atoms with Crippen molar-refractivity contribution in [3.63, 3.8) is 0 Å². The molecule has 114 valence electrons. The molecule has 0 aliphatic carbocycles. The second-order valence-corrected chi connectivity index (χ2v) is 4.70. The Bertz CT molecular complexity index is 800. The van der Waals surface area contributed by atoms with Gasteiger partial charge in [-0.2, -0.15) is 4.98 Å². The Morgan fingerprint density at radius 3 is 2.77 bits per heavy atom. The van der Waals surface area contributed by atoms with E-state index in [-0.39, 0.29) is 5.95 Å². The van der Waals surface area contributed by atoms with Crippen LogP contribution < -0.4 is 20.5 Å². The van der Waals surface area contributed by atoms with Crippen LogP contribution in [0.15, 0.2) is 36.5 Å². The van der Waals surface area contributed by atoms with Gasteiger partial charge in [0.1, 0.15) is 0 Å². The first-order valence-corrected chi connectivity index (χ1v) is 6.77. The van der Waals surface area contributed by atoms with E-state index in [4.69, 9.17) is 15.2 Å². The Morgan fingerprint density at radius 2 is 2.00 bits per heavy atom. The predicted octanol–water partition coefficient (Wildman–Crippen LogP) is 1.94. The van der Waals surface area contributed by atoms with Gasteiger partial charge in [0, 0.05) is 12.7 Å². The smallest absolute Gasteiger partial charge is 0.240 e. The number of aromatic nitrogens is 3. The van der Waals surface area contributed by atoms with Crippen molar-refractivity contribution in [3.8, 4) is 11.5 Å². The van der Waals surface area contributed by atoms with Crippen LogP contribution in [-0.4, -0.2) is 28.8 Å². The fourth-order valence-corrected chi connectivity index (χ4v) is 2.25. The van der Waals surface area contributed by atoms with Crippen LogP contribution in [0.2, 0.25) is 0 Å². The molecule has 2 aromatic heterocycles. The third kappa shape index (κ3) is 2.60. The lowest BCUT2D eigenvalue weighted by atomic mass is 10.2. The van der Waals surface area contributed by atoms with Gasteiger partial charge in [0.05, 0.1) is 19.9 Å². The van der Waals surface area contributed by atoms with Crippen LogP contribution in [0.4, 0.5) is 11.6 Å². The maximum absolute atomic E-state index is 5.64. The normalized spacial score (nSPS) is 10.6. The Balaban J connectivity index is 1.82. The van der Waals surface area contributed by atoms with Crippen LogP contribution in [0.1, 0.15) is 5.56 Å². The summed E-state index contributed by atoms with van der Waals surface area (Å²) in [4.78, 5) is 4.21. The highest BCUT2D eigenvalue weighted by Crippen LogP contribution is 2.28. The second kappa shape index (κ2) is 5.80. The van der Waals surface area contributed by atoms with Crippen LogP contribution in [0.25, 0.3) is 5.65 Å². The molecule has 0 aliphatic heterocycles. The summed E-state index contributed by atoms with van der Waals surface area (Å²) in [7, 11) is 3.24. The number of hydrogen-bond acceptors (Lipinski definition) is 6. The van der Waals surface area contributed by atoms with E-state index in [1.54, 1.807) is 24.9 Å². The maximum atomic E-state index is 5.64. The quantitative estimate of drug-likeness (QED) is 0.748. The molecule has 0 unspecified atom stereocenters. The summed E-state index contributed by atoms with van der Waals surface area (Å²) in [5.41, 5.74) is 8.25. The Hall–Kier alpha value is -2.96. The molecular weight excluding hydrogens is 282 g/mol. The molecule has 3 aromatic rings. The molecule has 0 aliphatic rings. The van der Waals surface area contributed by atoms with Crippen LogP contribution >= 0.6 is 0 Å². The molecule has 0 saturated carbocycles. The Kier molecular flexibility index (Phi) is 3.69. The van der Waals surface area contributed by atoms with Gasteiger partial charge in [-0.3, -0.25) is 0 Å². The number of rotatable bonds is 5. The minimum Gasteiger partial charge on any atom is -0.493 e. The zero-order chi connectivity index (χ0) is 15.5. The fourth-order valence-electron chi connectivity index (χ4n) is 2.25. The highest BCUT2D eigenvalue weighted by Gasteiger charge is 2.07. The van der Waals surface area contributed by atoms with Crippen LogP contribution in [0, 0.1) is 0 Å². The molecular formula is C15H17N5O2. The lowest BCUT2D eigenvalue weighted by Gasteiger charge is -2.11. The summed E-state index contributed by atoms with van der Waals surface area (Å²) in [6.07, 6.45) is 1.81. The summed E-state index contributed by atoms with van der Waals surface area (Å²) < 4.78 is 12.2. The van der Waals surface area contributed by atoms with Crippen molar-refractivity contribution >= 4 is 17.3 Å². The number of fused-ring (bicyclic) bond motifs is 1. The molecule has 0 amide bonds. The van der Waals surface area contributed by atoms with E-state index in [0.717, 1.165) is 11.3 Å². The molecule has 0 saturated heterocycles. The van der Waals surface area contributed by atoms with Crippen molar-refractivity contribution in [1.29, 1.82) is 0 Å². The highest BCUT2D eigenvalue weighted by atomic mass is 16.5. The lowest BCUT2D eigenvalue weighted by Crippen LogP contribution is -2.02. The lowest BCUT2D eigenvalue weighted by molar-refractivity contribution is 0.354. The van der Waals surface area contributed by atoms with E-state index in [1.807, 2.05) is 30.3 Å².